The number of carbonyl (C=O) groups is 3. The molecule has 0 radical (unpaired) electrons. The zero-order valence-corrected chi connectivity index (χ0v) is 5.57. The molecule has 11 heavy (non-hydrogen) atoms. The van der Waals surface area contributed by atoms with E-state index in [4.69, 9.17) is 5.11 Å². The lowest BCUT2D eigenvalue weighted by Gasteiger charge is -1.99. The standard InChI is InChI=1S/C5H7NO5/c7-1-2-11-4(8)3-6-5(9)10/h1,6H,2-3H2,(H,9,10). The van der Waals surface area contributed by atoms with E-state index in [1.54, 1.807) is 5.32 Å². The van der Waals surface area contributed by atoms with E-state index in [0.29, 0.717) is 6.29 Å². The maximum atomic E-state index is 10.4. The van der Waals surface area contributed by atoms with Crippen LogP contribution in [-0.4, -0.2) is 36.6 Å². The topological polar surface area (TPSA) is 92.7 Å². The molecule has 0 aromatic rings. The molecule has 0 bridgehead atoms. The van der Waals surface area contributed by atoms with Crippen LogP contribution in [0.25, 0.3) is 0 Å². The van der Waals surface area contributed by atoms with Crippen LogP contribution in [0.5, 0.6) is 0 Å². The van der Waals surface area contributed by atoms with Crippen molar-refractivity contribution < 1.29 is 24.2 Å². The Morgan fingerprint density at radius 1 is 1.55 bits per heavy atom. The molecule has 0 aliphatic heterocycles. The second-order valence-electron chi connectivity index (χ2n) is 1.51. The molecule has 1 amide bonds. The van der Waals surface area contributed by atoms with Crippen LogP contribution in [0.3, 0.4) is 0 Å². The van der Waals surface area contributed by atoms with Crippen molar-refractivity contribution in [3.05, 3.63) is 0 Å². The van der Waals surface area contributed by atoms with E-state index >= 15 is 0 Å². The number of carboxylic acid groups (broad SMARTS) is 1. The molecular formula is C5H7NO5. The summed E-state index contributed by atoms with van der Waals surface area (Å²) in [6.45, 7) is -0.788. The Balaban J connectivity index is 3.37. The minimum absolute atomic E-state index is 0.347. The maximum Gasteiger partial charge on any atom is 0.405 e. The summed E-state index contributed by atoms with van der Waals surface area (Å²) < 4.78 is 4.21. The summed E-state index contributed by atoms with van der Waals surface area (Å²) in [7, 11) is 0. The highest BCUT2D eigenvalue weighted by Crippen LogP contribution is 1.73. The summed E-state index contributed by atoms with van der Waals surface area (Å²) in [6.07, 6.45) is -0.911. The van der Waals surface area contributed by atoms with Gasteiger partial charge in [0.15, 0.2) is 6.29 Å². The second kappa shape index (κ2) is 5.21. The van der Waals surface area contributed by atoms with Crippen molar-refractivity contribution in [3.8, 4) is 0 Å². The molecule has 0 aromatic carbocycles. The van der Waals surface area contributed by atoms with Crippen LogP contribution in [0.1, 0.15) is 0 Å². The number of hydrogen-bond acceptors (Lipinski definition) is 4. The molecule has 0 spiro atoms. The van der Waals surface area contributed by atoms with Gasteiger partial charge in [0, 0.05) is 0 Å². The average Bonchev–Trinajstić information content (AvgIpc) is 1.97. The highest BCUT2D eigenvalue weighted by Gasteiger charge is 2.02. The number of esters is 1. The SMILES string of the molecule is O=CCOC(=O)CNC(=O)O. The molecule has 0 aromatic heterocycles. The third-order valence-electron chi connectivity index (χ3n) is 0.696. The monoisotopic (exact) mass is 161 g/mol. The van der Waals surface area contributed by atoms with Crippen molar-refractivity contribution in [1.29, 1.82) is 0 Å². The molecule has 0 heterocycles. The molecule has 0 unspecified atom stereocenters. The maximum absolute atomic E-state index is 10.4. The van der Waals surface area contributed by atoms with Crippen LogP contribution < -0.4 is 5.32 Å². The number of aldehydes is 1. The Hall–Kier alpha value is -1.59. The summed E-state index contributed by atoms with van der Waals surface area (Å²) in [6, 6.07) is 0. The van der Waals surface area contributed by atoms with Crippen molar-refractivity contribution >= 4 is 18.3 Å². The second-order valence-corrected chi connectivity index (χ2v) is 1.51. The molecule has 0 aliphatic carbocycles. The van der Waals surface area contributed by atoms with E-state index in [1.165, 1.54) is 0 Å². The molecule has 0 rings (SSSR count). The molecule has 0 saturated heterocycles. The van der Waals surface area contributed by atoms with Crippen LogP contribution in [0.4, 0.5) is 4.79 Å². The smallest absolute Gasteiger partial charge is 0.405 e. The first-order valence-corrected chi connectivity index (χ1v) is 2.73. The van der Waals surface area contributed by atoms with Crippen molar-refractivity contribution in [2.45, 2.75) is 0 Å². The highest BCUT2D eigenvalue weighted by molar-refractivity contribution is 5.77. The number of nitrogens with one attached hydrogen (secondary N) is 1. The molecule has 2 N–H and O–H groups in total. The van der Waals surface area contributed by atoms with Gasteiger partial charge in [0.05, 0.1) is 0 Å². The molecule has 0 atom stereocenters. The normalized spacial score (nSPS) is 8.36. The van der Waals surface area contributed by atoms with Crippen LogP contribution in [0.15, 0.2) is 0 Å². The van der Waals surface area contributed by atoms with Gasteiger partial charge in [0.1, 0.15) is 13.2 Å². The van der Waals surface area contributed by atoms with Gasteiger partial charge in [-0.15, -0.1) is 0 Å². The molecule has 0 saturated carbocycles. The minimum atomic E-state index is -1.31. The molecule has 62 valence electrons. The van der Waals surface area contributed by atoms with Gasteiger partial charge < -0.3 is 15.2 Å². The summed E-state index contributed by atoms with van der Waals surface area (Å²) in [5.41, 5.74) is 0. The first-order valence-electron chi connectivity index (χ1n) is 2.73. The minimum Gasteiger partial charge on any atom is -0.465 e. The predicted octanol–water partition coefficient (Wildman–Crippen LogP) is -1.00. The van der Waals surface area contributed by atoms with E-state index in [2.05, 4.69) is 4.74 Å². The Bertz CT molecular complexity index is 166. The number of rotatable bonds is 4. The molecule has 6 nitrogen and oxygen atoms in total. The fourth-order valence-electron chi connectivity index (χ4n) is 0.326. The lowest BCUT2D eigenvalue weighted by atomic mass is 10.6. The van der Waals surface area contributed by atoms with Crippen LogP contribution in [0, 0.1) is 0 Å². The van der Waals surface area contributed by atoms with Gasteiger partial charge in [0.2, 0.25) is 0 Å². The number of carbonyl (C=O) groups excluding carboxylic acids is 2. The molecular weight excluding hydrogens is 154 g/mol. The van der Waals surface area contributed by atoms with Gasteiger partial charge in [0.25, 0.3) is 0 Å². The summed E-state index contributed by atoms with van der Waals surface area (Å²) in [5, 5.41) is 9.78. The first-order chi connectivity index (χ1) is 5.16. The van der Waals surface area contributed by atoms with E-state index < -0.39 is 18.6 Å². The van der Waals surface area contributed by atoms with Gasteiger partial charge in [-0.1, -0.05) is 0 Å². The summed E-state index contributed by atoms with van der Waals surface area (Å²) in [4.78, 5) is 29.8. The summed E-state index contributed by atoms with van der Waals surface area (Å²) in [5.74, 6) is -0.778. The highest BCUT2D eigenvalue weighted by atomic mass is 16.5. The Morgan fingerprint density at radius 2 is 2.18 bits per heavy atom. The first kappa shape index (κ1) is 9.41. The van der Waals surface area contributed by atoms with Gasteiger partial charge >= 0.3 is 12.1 Å². The fourth-order valence-corrected chi connectivity index (χ4v) is 0.326. The Morgan fingerprint density at radius 3 is 2.64 bits per heavy atom. The van der Waals surface area contributed by atoms with Crippen molar-refractivity contribution in [1.82, 2.24) is 5.32 Å². The molecule has 0 aliphatic rings. The number of amides is 1. The lowest BCUT2D eigenvalue weighted by Crippen LogP contribution is -2.29. The van der Waals surface area contributed by atoms with Crippen molar-refractivity contribution in [2.24, 2.45) is 0 Å². The fraction of sp³-hybridized carbons (Fsp3) is 0.400. The Labute approximate surface area is 62.1 Å². The largest absolute Gasteiger partial charge is 0.465 e. The van der Waals surface area contributed by atoms with Gasteiger partial charge in [-0.2, -0.15) is 0 Å². The van der Waals surface area contributed by atoms with E-state index in [-0.39, 0.29) is 6.61 Å². The lowest BCUT2D eigenvalue weighted by molar-refractivity contribution is -0.144. The Kier molecular flexibility index (Phi) is 4.46. The van der Waals surface area contributed by atoms with Crippen LogP contribution >= 0.6 is 0 Å². The van der Waals surface area contributed by atoms with Gasteiger partial charge in [-0.3, -0.25) is 9.59 Å². The number of ether oxygens (including phenoxy) is 1. The number of hydrogen-bond donors (Lipinski definition) is 2. The molecule has 6 heteroatoms. The third-order valence-corrected chi connectivity index (χ3v) is 0.696. The zero-order valence-electron chi connectivity index (χ0n) is 5.57. The quantitative estimate of drug-likeness (QED) is 0.407. The third kappa shape index (κ3) is 6.29. The molecule has 0 fully saturated rings. The van der Waals surface area contributed by atoms with Gasteiger partial charge in [-0.05, 0) is 0 Å². The average molecular weight is 161 g/mol. The van der Waals surface area contributed by atoms with E-state index in [9.17, 15) is 14.4 Å². The van der Waals surface area contributed by atoms with E-state index in [0.717, 1.165) is 0 Å². The predicted molar refractivity (Wildman–Crippen MR) is 33.1 cm³/mol. The zero-order chi connectivity index (χ0) is 8.69. The summed E-state index contributed by atoms with van der Waals surface area (Å²) >= 11 is 0. The van der Waals surface area contributed by atoms with E-state index in [1.807, 2.05) is 0 Å². The van der Waals surface area contributed by atoms with Crippen LogP contribution in [0.2, 0.25) is 0 Å². The van der Waals surface area contributed by atoms with Crippen molar-refractivity contribution in [3.63, 3.8) is 0 Å². The van der Waals surface area contributed by atoms with Crippen molar-refractivity contribution in [2.75, 3.05) is 13.2 Å². The van der Waals surface area contributed by atoms with Gasteiger partial charge in [-0.25, -0.2) is 4.79 Å². The van der Waals surface area contributed by atoms with Crippen LogP contribution in [-0.2, 0) is 14.3 Å².